The highest BCUT2D eigenvalue weighted by atomic mass is 28.4. The summed E-state index contributed by atoms with van der Waals surface area (Å²) in [7, 11) is -1.54. The Kier molecular flexibility index (Phi) is 1.85. The maximum absolute atomic E-state index is 11.0. The molecule has 0 spiro atoms. The molecule has 1 aliphatic heterocycles. The van der Waals surface area contributed by atoms with Gasteiger partial charge in [-0.1, -0.05) is 6.92 Å². The van der Waals surface area contributed by atoms with Crippen LogP contribution in [0, 0.1) is 5.92 Å². The van der Waals surface area contributed by atoms with Crippen LogP contribution in [0.2, 0.25) is 19.1 Å². The average Bonchev–Trinajstić information content (AvgIpc) is 1.79. The van der Waals surface area contributed by atoms with Gasteiger partial charge in [0.15, 0.2) is 0 Å². The van der Waals surface area contributed by atoms with Crippen molar-refractivity contribution in [2.45, 2.75) is 32.5 Å². The molecule has 10 heavy (non-hydrogen) atoms. The first kappa shape index (κ1) is 7.79. The van der Waals surface area contributed by atoms with Gasteiger partial charge in [-0.3, -0.25) is 4.79 Å². The Morgan fingerprint density at radius 3 is 2.60 bits per heavy atom. The molecule has 3 heteroatoms. The molecule has 0 aromatic rings. The van der Waals surface area contributed by atoms with Crippen LogP contribution in [0.1, 0.15) is 13.3 Å². The molecule has 0 aromatic heterocycles. The van der Waals surface area contributed by atoms with E-state index >= 15 is 0 Å². The van der Waals surface area contributed by atoms with Crippen molar-refractivity contribution in [3.8, 4) is 0 Å². The molecule has 0 aromatic carbocycles. The lowest BCUT2D eigenvalue weighted by atomic mass is 10.1. The van der Waals surface area contributed by atoms with Crippen molar-refractivity contribution in [3.63, 3.8) is 0 Å². The SMILES string of the molecule is CC1CC[Si](C)(C)OC1=O. The van der Waals surface area contributed by atoms with Crippen molar-refractivity contribution >= 4 is 14.3 Å². The third kappa shape index (κ3) is 1.59. The Morgan fingerprint density at radius 1 is 1.60 bits per heavy atom. The minimum absolute atomic E-state index is 0.0166. The second-order valence-electron chi connectivity index (χ2n) is 3.62. The van der Waals surface area contributed by atoms with E-state index in [1.807, 2.05) is 6.92 Å². The van der Waals surface area contributed by atoms with Crippen molar-refractivity contribution in [3.05, 3.63) is 0 Å². The molecule has 0 saturated carbocycles. The van der Waals surface area contributed by atoms with Gasteiger partial charge in [0.05, 0.1) is 5.92 Å². The van der Waals surface area contributed by atoms with Gasteiger partial charge in [0, 0.05) is 0 Å². The quantitative estimate of drug-likeness (QED) is 0.502. The lowest BCUT2D eigenvalue weighted by molar-refractivity contribution is -0.140. The summed E-state index contributed by atoms with van der Waals surface area (Å²) in [6.45, 7) is 6.12. The summed E-state index contributed by atoms with van der Waals surface area (Å²) in [6, 6.07) is 1.12. The van der Waals surface area contributed by atoms with E-state index in [2.05, 4.69) is 13.1 Å². The van der Waals surface area contributed by atoms with Gasteiger partial charge < -0.3 is 4.43 Å². The number of carbonyl (C=O) groups excluding carboxylic acids is 1. The Balaban J connectivity index is 2.57. The van der Waals surface area contributed by atoms with Crippen LogP contribution in [-0.2, 0) is 9.22 Å². The zero-order valence-electron chi connectivity index (χ0n) is 6.81. The minimum Gasteiger partial charge on any atom is -0.519 e. The van der Waals surface area contributed by atoms with Crippen molar-refractivity contribution in [2.24, 2.45) is 5.92 Å². The molecule has 1 saturated heterocycles. The van der Waals surface area contributed by atoms with Crippen molar-refractivity contribution < 1.29 is 9.22 Å². The van der Waals surface area contributed by atoms with Gasteiger partial charge in [0.25, 0.3) is 5.97 Å². The fourth-order valence-corrected chi connectivity index (χ4v) is 3.08. The molecule has 0 N–H and O–H groups in total. The van der Waals surface area contributed by atoms with Gasteiger partial charge in [0.2, 0.25) is 8.32 Å². The summed E-state index contributed by atoms with van der Waals surface area (Å²) in [6.07, 6.45) is 1.03. The molecular weight excluding hydrogens is 144 g/mol. The van der Waals surface area contributed by atoms with Crippen LogP contribution in [0.3, 0.4) is 0 Å². The fraction of sp³-hybridized carbons (Fsp3) is 0.857. The normalized spacial score (nSPS) is 31.5. The number of hydrogen-bond donors (Lipinski definition) is 0. The topological polar surface area (TPSA) is 26.3 Å². The van der Waals surface area contributed by atoms with E-state index in [1.54, 1.807) is 0 Å². The van der Waals surface area contributed by atoms with Gasteiger partial charge in [-0.25, -0.2) is 0 Å². The molecule has 0 radical (unpaired) electrons. The van der Waals surface area contributed by atoms with E-state index in [-0.39, 0.29) is 11.9 Å². The summed E-state index contributed by atoms with van der Waals surface area (Å²) in [4.78, 5) is 11.0. The van der Waals surface area contributed by atoms with Crippen LogP contribution in [0.15, 0.2) is 0 Å². The van der Waals surface area contributed by atoms with Crippen LogP contribution in [0.25, 0.3) is 0 Å². The number of hydrogen-bond acceptors (Lipinski definition) is 2. The third-order valence-electron chi connectivity index (χ3n) is 1.96. The standard InChI is InChI=1S/C7H14O2Si/c1-6-4-5-10(2,3)9-7(6)8/h6H,4-5H2,1-3H3. The maximum Gasteiger partial charge on any atom is 0.295 e. The second-order valence-corrected chi connectivity index (χ2v) is 7.84. The van der Waals surface area contributed by atoms with Crippen molar-refractivity contribution in [2.75, 3.05) is 0 Å². The Morgan fingerprint density at radius 2 is 2.20 bits per heavy atom. The summed E-state index contributed by atoms with van der Waals surface area (Å²) in [5.74, 6) is 0.156. The van der Waals surface area contributed by atoms with E-state index in [4.69, 9.17) is 4.43 Å². The molecule has 0 aliphatic carbocycles. The van der Waals surface area contributed by atoms with E-state index in [9.17, 15) is 4.79 Å². The molecule has 58 valence electrons. The second kappa shape index (κ2) is 2.38. The molecular formula is C7H14O2Si. The monoisotopic (exact) mass is 158 g/mol. The summed E-state index contributed by atoms with van der Waals surface area (Å²) >= 11 is 0. The van der Waals surface area contributed by atoms with E-state index in [0.717, 1.165) is 12.5 Å². The number of carbonyl (C=O) groups is 1. The smallest absolute Gasteiger partial charge is 0.295 e. The van der Waals surface area contributed by atoms with Gasteiger partial charge >= 0.3 is 0 Å². The van der Waals surface area contributed by atoms with Crippen LogP contribution >= 0.6 is 0 Å². The lowest BCUT2D eigenvalue weighted by Crippen LogP contribution is -2.40. The summed E-state index contributed by atoms with van der Waals surface area (Å²) in [5, 5.41) is 0. The average molecular weight is 158 g/mol. The molecule has 1 atom stereocenters. The summed E-state index contributed by atoms with van der Waals surface area (Å²) in [5.41, 5.74) is 0. The van der Waals surface area contributed by atoms with Crippen LogP contribution in [0.4, 0.5) is 0 Å². The predicted octanol–water partition coefficient (Wildman–Crippen LogP) is 1.77. The largest absolute Gasteiger partial charge is 0.519 e. The van der Waals surface area contributed by atoms with Crippen molar-refractivity contribution in [1.29, 1.82) is 0 Å². The van der Waals surface area contributed by atoms with Crippen LogP contribution in [0.5, 0.6) is 0 Å². The number of rotatable bonds is 0. The predicted molar refractivity (Wildman–Crippen MR) is 42.2 cm³/mol. The lowest BCUT2D eigenvalue weighted by Gasteiger charge is -2.30. The van der Waals surface area contributed by atoms with Gasteiger partial charge in [0.1, 0.15) is 0 Å². The zero-order chi connectivity index (χ0) is 7.78. The molecule has 0 amide bonds. The van der Waals surface area contributed by atoms with Crippen molar-refractivity contribution in [1.82, 2.24) is 0 Å². The highest BCUT2D eigenvalue weighted by Gasteiger charge is 2.34. The fourth-order valence-electron chi connectivity index (χ4n) is 1.11. The minimum atomic E-state index is -1.54. The first-order chi connectivity index (χ1) is 4.51. The molecule has 1 heterocycles. The van der Waals surface area contributed by atoms with Gasteiger partial charge in [-0.2, -0.15) is 0 Å². The first-order valence-electron chi connectivity index (χ1n) is 3.74. The highest BCUT2D eigenvalue weighted by Crippen LogP contribution is 2.25. The summed E-state index contributed by atoms with van der Waals surface area (Å²) < 4.78 is 5.29. The van der Waals surface area contributed by atoms with Gasteiger partial charge in [-0.15, -0.1) is 0 Å². The Hall–Kier alpha value is -0.313. The van der Waals surface area contributed by atoms with Gasteiger partial charge in [-0.05, 0) is 25.6 Å². The molecule has 1 fully saturated rings. The Bertz CT molecular complexity index is 154. The highest BCUT2D eigenvalue weighted by molar-refractivity contribution is 6.72. The first-order valence-corrected chi connectivity index (χ1v) is 6.86. The van der Waals surface area contributed by atoms with Crippen LogP contribution < -0.4 is 0 Å². The van der Waals surface area contributed by atoms with E-state index in [1.165, 1.54) is 0 Å². The Labute approximate surface area is 62.7 Å². The zero-order valence-corrected chi connectivity index (χ0v) is 7.81. The maximum atomic E-state index is 11.0. The molecule has 1 aliphatic rings. The third-order valence-corrected chi connectivity index (χ3v) is 4.21. The molecule has 0 bridgehead atoms. The van der Waals surface area contributed by atoms with E-state index < -0.39 is 8.32 Å². The van der Waals surface area contributed by atoms with E-state index in [0.29, 0.717) is 0 Å². The molecule has 2 nitrogen and oxygen atoms in total. The molecule has 1 unspecified atom stereocenters. The molecule has 1 rings (SSSR count). The van der Waals surface area contributed by atoms with Crippen LogP contribution in [-0.4, -0.2) is 14.3 Å².